The van der Waals surface area contributed by atoms with Gasteiger partial charge in [0, 0.05) is 23.3 Å². The Morgan fingerprint density at radius 3 is 2.59 bits per heavy atom. The Labute approximate surface area is 162 Å². The quantitative estimate of drug-likeness (QED) is 0.683. The Bertz CT molecular complexity index is 1050. The van der Waals surface area contributed by atoms with Crippen LogP contribution in [0.5, 0.6) is 0 Å². The summed E-state index contributed by atoms with van der Waals surface area (Å²) in [6.07, 6.45) is 3.40. The fourth-order valence-electron chi connectivity index (χ4n) is 2.56. The number of amides is 1. The number of pyridine rings is 1. The number of nitrogens with one attached hydrogen (secondary N) is 1. The van der Waals surface area contributed by atoms with Crippen LogP contribution in [0.3, 0.4) is 0 Å². The first kappa shape index (κ1) is 19.2. The smallest absolute Gasteiger partial charge is 0.253 e. The van der Waals surface area contributed by atoms with Crippen molar-refractivity contribution in [1.82, 2.24) is 15.3 Å². The number of hydrogen-bond acceptors (Lipinski definition) is 6. The first-order valence-corrected chi connectivity index (χ1v) is 10.9. The second kappa shape index (κ2) is 7.98. The lowest BCUT2D eigenvalue weighted by atomic mass is 10.2. The Morgan fingerprint density at radius 2 is 1.89 bits per heavy atom. The number of rotatable bonds is 6. The molecule has 0 aliphatic carbocycles. The van der Waals surface area contributed by atoms with E-state index in [1.807, 2.05) is 24.4 Å². The second-order valence-corrected chi connectivity index (χ2v) is 9.04. The molecule has 27 heavy (non-hydrogen) atoms. The van der Waals surface area contributed by atoms with Crippen LogP contribution in [0, 0.1) is 0 Å². The average Bonchev–Trinajstić information content (AvgIpc) is 3.19. The Morgan fingerprint density at radius 1 is 1.19 bits per heavy atom. The summed E-state index contributed by atoms with van der Waals surface area (Å²) in [4.78, 5) is 21.3. The molecule has 0 aliphatic rings. The van der Waals surface area contributed by atoms with E-state index in [0.29, 0.717) is 0 Å². The standard InChI is InChI=1S/C19H19N3O3S2/c1-3-27(24,25)17-7-5-4-6-15(17)18(23)21-13(2)19-22-16(12-26-19)14-8-10-20-11-9-14/h4-13H,3H2,1-2H3,(H,21,23). The lowest BCUT2D eigenvalue weighted by molar-refractivity contribution is 0.0936. The first-order valence-electron chi connectivity index (χ1n) is 8.41. The molecule has 0 saturated carbocycles. The molecule has 6 nitrogen and oxygen atoms in total. The van der Waals surface area contributed by atoms with Gasteiger partial charge in [0.05, 0.1) is 27.9 Å². The molecule has 3 aromatic rings. The van der Waals surface area contributed by atoms with E-state index in [0.717, 1.165) is 16.3 Å². The lowest BCUT2D eigenvalue weighted by Crippen LogP contribution is -2.28. The normalized spacial score (nSPS) is 12.5. The Hall–Kier alpha value is -2.58. The monoisotopic (exact) mass is 401 g/mol. The number of sulfone groups is 1. The third-order valence-corrected chi connectivity index (χ3v) is 6.88. The molecule has 0 saturated heterocycles. The molecule has 140 valence electrons. The first-order chi connectivity index (χ1) is 12.9. The molecule has 0 aliphatic heterocycles. The Balaban J connectivity index is 1.81. The number of carbonyl (C=O) groups is 1. The number of nitrogens with zero attached hydrogens (tertiary/aromatic N) is 2. The van der Waals surface area contributed by atoms with E-state index in [1.54, 1.807) is 31.5 Å². The van der Waals surface area contributed by atoms with Gasteiger partial charge in [-0.15, -0.1) is 11.3 Å². The summed E-state index contributed by atoms with van der Waals surface area (Å²) in [6, 6.07) is 9.64. The highest BCUT2D eigenvalue weighted by atomic mass is 32.2. The van der Waals surface area contributed by atoms with E-state index in [2.05, 4.69) is 15.3 Å². The zero-order chi connectivity index (χ0) is 19.4. The molecule has 1 atom stereocenters. The van der Waals surface area contributed by atoms with Gasteiger partial charge in [-0.3, -0.25) is 9.78 Å². The lowest BCUT2D eigenvalue weighted by Gasteiger charge is -2.13. The topological polar surface area (TPSA) is 89.0 Å². The average molecular weight is 402 g/mol. The molecule has 2 heterocycles. The van der Waals surface area contributed by atoms with Gasteiger partial charge in [0.1, 0.15) is 5.01 Å². The van der Waals surface area contributed by atoms with Crippen molar-refractivity contribution in [3.63, 3.8) is 0 Å². The molecule has 0 bridgehead atoms. The molecule has 0 spiro atoms. The van der Waals surface area contributed by atoms with E-state index in [1.165, 1.54) is 23.5 Å². The predicted molar refractivity (Wildman–Crippen MR) is 105 cm³/mol. The van der Waals surface area contributed by atoms with Crippen molar-refractivity contribution in [3.05, 3.63) is 64.7 Å². The van der Waals surface area contributed by atoms with Crippen molar-refractivity contribution >= 4 is 27.1 Å². The summed E-state index contributed by atoms with van der Waals surface area (Å²) in [5, 5.41) is 5.51. The van der Waals surface area contributed by atoms with Crippen molar-refractivity contribution in [2.45, 2.75) is 24.8 Å². The SMILES string of the molecule is CCS(=O)(=O)c1ccccc1C(=O)NC(C)c1nc(-c2ccncc2)cs1. The van der Waals surface area contributed by atoms with Crippen LogP contribution in [0.2, 0.25) is 0 Å². The molecule has 0 radical (unpaired) electrons. The maximum absolute atomic E-state index is 12.7. The summed E-state index contributed by atoms with van der Waals surface area (Å²) in [6.45, 7) is 3.38. The van der Waals surface area contributed by atoms with Gasteiger partial charge in [-0.2, -0.15) is 0 Å². The van der Waals surface area contributed by atoms with Gasteiger partial charge in [-0.25, -0.2) is 13.4 Å². The maximum Gasteiger partial charge on any atom is 0.253 e. The second-order valence-electron chi connectivity index (χ2n) is 5.90. The highest BCUT2D eigenvalue weighted by molar-refractivity contribution is 7.91. The molecule has 1 amide bonds. The molecular weight excluding hydrogens is 382 g/mol. The molecule has 3 rings (SSSR count). The molecule has 1 unspecified atom stereocenters. The zero-order valence-electron chi connectivity index (χ0n) is 14.9. The van der Waals surface area contributed by atoms with Gasteiger partial charge < -0.3 is 5.32 Å². The van der Waals surface area contributed by atoms with Crippen LogP contribution in [-0.2, 0) is 9.84 Å². The van der Waals surface area contributed by atoms with Crippen LogP contribution in [0.15, 0.2) is 59.1 Å². The largest absolute Gasteiger partial charge is 0.343 e. The van der Waals surface area contributed by atoms with Crippen LogP contribution >= 0.6 is 11.3 Å². The van der Waals surface area contributed by atoms with Crippen LogP contribution in [-0.4, -0.2) is 30.0 Å². The van der Waals surface area contributed by atoms with E-state index in [9.17, 15) is 13.2 Å². The summed E-state index contributed by atoms with van der Waals surface area (Å²) in [5.74, 6) is -0.495. The third-order valence-electron chi connectivity index (χ3n) is 4.06. The summed E-state index contributed by atoms with van der Waals surface area (Å²) in [5.41, 5.74) is 1.91. The summed E-state index contributed by atoms with van der Waals surface area (Å²) >= 11 is 1.44. The maximum atomic E-state index is 12.7. The molecule has 1 aromatic carbocycles. The van der Waals surface area contributed by atoms with Gasteiger partial charge in [-0.05, 0) is 31.2 Å². The highest BCUT2D eigenvalue weighted by Crippen LogP contribution is 2.25. The van der Waals surface area contributed by atoms with E-state index in [4.69, 9.17) is 0 Å². The number of thiazole rings is 1. The minimum Gasteiger partial charge on any atom is -0.343 e. The van der Waals surface area contributed by atoms with Crippen molar-refractivity contribution in [1.29, 1.82) is 0 Å². The number of carbonyl (C=O) groups excluding carboxylic acids is 1. The van der Waals surface area contributed by atoms with Gasteiger partial charge in [-0.1, -0.05) is 19.1 Å². The Kier molecular flexibility index (Phi) is 5.67. The van der Waals surface area contributed by atoms with Crippen LogP contribution in [0.1, 0.15) is 35.3 Å². The van der Waals surface area contributed by atoms with Crippen molar-refractivity contribution in [2.75, 3.05) is 5.75 Å². The van der Waals surface area contributed by atoms with Crippen molar-refractivity contribution < 1.29 is 13.2 Å². The molecule has 1 N–H and O–H groups in total. The van der Waals surface area contributed by atoms with Crippen LogP contribution < -0.4 is 5.32 Å². The predicted octanol–water partition coefficient (Wildman–Crippen LogP) is 3.49. The molecule has 0 fully saturated rings. The molecule has 8 heteroatoms. The number of hydrogen-bond donors (Lipinski definition) is 1. The van der Waals surface area contributed by atoms with Crippen LogP contribution in [0.25, 0.3) is 11.3 Å². The number of benzene rings is 1. The third kappa shape index (κ3) is 4.23. The van der Waals surface area contributed by atoms with Crippen molar-refractivity contribution in [3.8, 4) is 11.3 Å². The van der Waals surface area contributed by atoms with Crippen LogP contribution in [0.4, 0.5) is 0 Å². The molecular formula is C19H19N3O3S2. The van der Waals surface area contributed by atoms with Gasteiger partial charge in [0.2, 0.25) is 0 Å². The summed E-state index contributed by atoms with van der Waals surface area (Å²) < 4.78 is 24.5. The van der Waals surface area contributed by atoms with E-state index >= 15 is 0 Å². The zero-order valence-corrected chi connectivity index (χ0v) is 16.5. The fourth-order valence-corrected chi connectivity index (χ4v) is 4.49. The van der Waals surface area contributed by atoms with Gasteiger partial charge >= 0.3 is 0 Å². The minimum atomic E-state index is -3.49. The molecule has 2 aromatic heterocycles. The highest BCUT2D eigenvalue weighted by Gasteiger charge is 2.22. The minimum absolute atomic E-state index is 0.0498. The van der Waals surface area contributed by atoms with Crippen molar-refractivity contribution in [2.24, 2.45) is 0 Å². The van der Waals surface area contributed by atoms with Gasteiger partial charge in [0.15, 0.2) is 9.84 Å². The van der Waals surface area contributed by atoms with Gasteiger partial charge in [0.25, 0.3) is 5.91 Å². The van der Waals surface area contributed by atoms with E-state index < -0.39 is 15.7 Å². The fraction of sp³-hybridized carbons (Fsp3) is 0.211. The number of aromatic nitrogens is 2. The van der Waals surface area contributed by atoms with E-state index in [-0.39, 0.29) is 22.3 Å². The summed E-state index contributed by atoms with van der Waals surface area (Å²) in [7, 11) is -3.49.